The van der Waals surface area contributed by atoms with Gasteiger partial charge in [-0.3, -0.25) is 9.69 Å². The highest BCUT2D eigenvalue weighted by Crippen LogP contribution is 2.21. The zero-order valence-corrected chi connectivity index (χ0v) is 14.6. The highest BCUT2D eigenvalue weighted by atomic mass is 16.5. The Hall–Kier alpha value is -0.650. The van der Waals surface area contributed by atoms with E-state index in [2.05, 4.69) is 10.2 Å². The van der Waals surface area contributed by atoms with Crippen molar-refractivity contribution in [3.05, 3.63) is 0 Å². The topological polar surface area (TPSA) is 61.8 Å². The summed E-state index contributed by atoms with van der Waals surface area (Å²) in [6.45, 7) is 5.63. The molecule has 0 aromatic heterocycles. The molecular formula is C18H34N2O3. The second kappa shape index (κ2) is 10.3. The Morgan fingerprint density at radius 3 is 2.57 bits per heavy atom. The van der Waals surface area contributed by atoms with Crippen molar-refractivity contribution in [3.63, 3.8) is 0 Å². The van der Waals surface area contributed by atoms with Gasteiger partial charge in [-0.1, -0.05) is 19.3 Å². The average Bonchev–Trinajstić information content (AvgIpc) is 2.56. The maximum Gasteiger partial charge on any atom is 0.234 e. The van der Waals surface area contributed by atoms with Gasteiger partial charge in [-0.25, -0.2) is 0 Å². The SMILES string of the molecule is CC(O)C1CCN(CC(=O)NCCCOC2CCCCC2)CC1. The molecule has 2 N–H and O–H groups in total. The third-order valence-electron chi connectivity index (χ3n) is 5.23. The van der Waals surface area contributed by atoms with Crippen LogP contribution in [0.5, 0.6) is 0 Å². The molecule has 5 nitrogen and oxygen atoms in total. The van der Waals surface area contributed by atoms with Gasteiger partial charge in [0.1, 0.15) is 0 Å². The van der Waals surface area contributed by atoms with Crippen LogP contribution in [0.15, 0.2) is 0 Å². The van der Waals surface area contributed by atoms with Gasteiger partial charge in [0.2, 0.25) is 5.91 Å². The van der Waals surface area contributed by atoms with Gasteiger partial charge in [0.05, 0.1) is 18.8 Å². The first-order valence-corrected chi connectivity index (χ1v) is 9.44. The van der Waals surface area contributed by atoms with Crippen LogP contribution in [-0.2, 0) is 9.53 Å². The molecule has 0 aromatic rings. The molecule has 1 aliphatic carbocycles. The van der Waals surface area contributed by atoms with Gasteiger partial charge < -0.3 is 15.2 Å². The molecule has 2 aliphatic rings. The van der Waals surface area contributed by atoms with Crippen molar-refractivity contribution in [2.75, 3.05) is 32.8 Å². The minimum Gasteiger partial charge on any atom is -0.393 e. The number of ether oxygens (including phenoxy) is 1. The summed E-state index contributed by atoms with van der Waals surface area (Å²) in [5.74, 6) is 0.504. The van der Waals surface area contributed by atoms with Crippen LogP contribution in [0.1, 0.15) is 58.3 Å². The number of carbonyl (C=O) groups is 1. The lowest BCUT2D eigenvalue weighted by Crippen LogP contribution is -2.43. The summed E-state index contributed by atoms with van der Waals surface area (Å²) < 4.78 is 5.86. The summed E-state index contributed by atoms with van der Waals surface area (Å²) in [4.78, 5) is 14.1. The minimum absolute atomic E-state index is 0.109. The van der Waals surface area contributed by atoms with Crippen molar-refractivity contribution in [1.82, 2.24) is 10.2 Å². The van der Waals surface area contributed by atoms with Gasteiger partial charge in [0.25, 0.3) is 0 Å². The molecule has 1 heterocycles. The van der Waals surface area contributed by atoms with E-state index in [1.807, 2.05) is 6.92 Å². The Bertz CT molecular complexity index is 335. The monoisotopic (exact) mass is 326 g/mol. The number of likely N-dealkylation sites (tertiary alicyclic amines) is 1. The number of aliphatic hydroxyl groups is 1. The number of rotatable bonds is 8. The van der Waals surface area contributed by atoms with Gasteiger partial charge in [0, 0.05) is 13.2 Å². The van der Waals surface area contributed by atoms with E-state index < -0.39 is 0 Å². The first-order valence-electron chi connectivity index (χ1n) is 9.44. The van der Waals surface area contributed by atoms with Crippen molar-refractivity contribution < 1.29 is 14.6 Å². The maximum atomic E-state index is 11.9. The molecule has 2 fully saturated rings. The number of piperidine rings is 1. The first kappa shape index (κ1) is 18.7. The Morgan fingerprint density at radius 1 is 1.22 bits per heavy atom. The minimum atomic E-state index is -0.227. The van der Waals surface area contributed by atoms with E-state index >= 15 is 0 Å². The summed E-state index contributed by atoms with van der Waals surface area (Å²) in [6, 6.07) is 0. The van der Waals surface area contributed by atoms with E-state index in [1.165, 1.54) is 32.1 Å². The average molecular weight is 326 g/mol. The molecule has 134 valence electrons. The summed E-state index contributed by atoms with van der Waals surface area (Å²) in [7, 11) is 0. The number of aliphatic hydroxyl groups excluding tert-OH is 1. The Morgan fingerprint density at radius 2 is 1.91 bits per heavy atom. The molecule has 1 saturated carbocycles. The normalized spacial score (nSPS) is 22.9. The van der Waals surface area contributed by atoms with Gasteiger partial charge >= 0.3 is 0 Å². The van der Waals surface area contributed by atoms with Crippen LogP contribution in [0.2, 0.25) is 0 Å². The van der Waals surface area contributed by atoms with Crippen LogP contribution >= 0.6 is 0 Å². The van der Waals surface area contributed by atoms with Crippen LogP contribution in [-0.4, -0.2) is 60.9 Å². The number of nitrogens with one attached hydrogen (secondary N) is 1. The van der Waals surface area contributed by atoms with E-state index in [1.54, 1.807) is 0 Å². The lowest BCUT2D eigenvalue weighted by atomic mass is 9.92. The fraction of sp³-hybridized carbons (Fsp3) is 0.944. The standard InChI is InChI=1S/C18H34N2O3/c1-15(21)16-8-11-20(12-9-16)14-18(22)19-10-5-13-23-17-6-3-2-4-7-17/h15-17,21H,2-14H2,1H3,(H,19,22). The molecule has 0 spiro atoms. The van der Waals surface area contributed by atoms with Gasteiger partial charge in [-0.05, 0) is 58.0 Å². The van der Waals surface area contributed by atoms with Crippen LogP contribution in [0.4, 0.5) is 0 Å². The number of carbonyl (C=O) groups excluding carboxylic acids is 1. The molecule has 0 radical (unpaired) electrons. The molecule has 1 amide bonds. The smallest absolute Gasteiger partial charge is 0.234 e. The molecule has 0 aromatic carbocycles. The highest BCUT2D eigenvalue weighted by molar-refractivity contribution is 5.77. The molecule has 0 bridgehead atoms. The predicted molar refractivity (Wildman–Crippen MR) is 91.3 cm³/mol. The lowest BCUT2D eigenvalue weighted by Gasteiger charge is -2.32. The van der Waals surface area contributed by atoms with E-state index in [9.17, 15) is 9.90 Å². The van der Waals surface area contributed by atoms with Crippen molar-refractivity contribution in [2.24, 2.45) is 5.92 Å². The molecule has 23 heavy (non-hydrogen) atoms. The number of hydrogen-bond acceptors (Lipinski definition) is 4. The van der Waals surface area contributed by atoms with Gasteiger partial charge in [0.15, 0.2) is 0 Å². The predicted octanol–water partition coefficient (Wildman–Crippen LogP) is 1.93. The van der Waals surface area contributed by atoms with Crippen LogP contribution < -0.4 is 5.32 Å². The van der Waals surface area contributed by atoms with Crippen molar-refractivity contribution in [1.29, 1.82) is 0 Å². The van der Waals surface area contributed by atoms with Crippen molar-refractivity contribution >= 4 is 5.91 Å². The zero-order valence-electron chi connectivity index (χ0n) is 14.6. The third-order valence-corrected chi connectivity index (χ3v) is 5.23. The molecule has 2 rings (SSSR count). The fourth-order valence-corrected chi connectivity index (χ4v) is 3.63. The van der Waals surface area contributed by atoms with E-state index in [0.717, 1.165) is 39.0 Å². The summed E-state index contributed by atoms with van der Waals surface area (Å²) in [6.07, 6.45) is 9.45. The number of amides is 1. The zero-order chi connectivity index (χ0) is 16.5. The Balaban J connectivity index is 1.47. The van der Waals surface area contributed by atoms with Crippen molar-refractivity contribution in [2.45, 2.75) is 70.5 Å². The van der Waals surface area contributed by atoms with Crippen molar-refractivity contribution in [3.8, 4) is 0 Å². The second-order valence-corrected chi connectivity index (χ2v) is 7.19. The lowest BCUT2D eigenvalue weighted by molar-refractivity contribution is -0.122. The molecule has 1 atom stereocenters. The fourth-order valence-electron chi connectivity index (χ4n) is 3.63. The quantitative estimate of drug-likeness (QED) is 0.669. The van der Waals surface area contributed by atoms with Gasteiger partial charge in [-0.15, -0.1) is 0 Å². The molecule has 1 unspecified atom stereocenters. The first-order chi connectivity index (χ1) is 11.1. The van der Waals surface area contributed by atoms with E-state index in [4.69, 9.17) is 4.74 Å². The molecule has 1 aliphatic heterocycles. The van der Waals surface area contributed by atoms with E-state index in [-0.39, 0.29) is 12.0 Å². The highest BCUT2D eigenvalue weighted by Gasteiger charge is 2.23. The van der Waals surface area contributed by atoms with E-state index in [0.29, 0.717) is 25.1 Å². The Kier molecular flexibility index (Phi) is 8.34. The second-order valence-electron chi connectivity index (χ2n) is 7.19. The molecule has 1 saturated heterocycles. The summed E-state index contributed by atoms with van der Waals surface area (Å²) in [5.41, 5.74) is 0. The van der Waals surface area contributed by atoms with Crippen LogP contribution in [0.3, 0.4) is 0 Å². The third kappa shape index (κ3) is 7.19. The van der Waals surface area contributed by atoms with Gasteiger partial charge in [-0.2, -0.15) is 0 Å². The van der Waals surface area contributed by atoms with Crippen LogP contribution in [0, 0.1) is 5.92 Å². The number of nitrogens with zero attached hydrogens (tertiary/aromatic N) is 1. The summed E-state index contributed by atoms with van der Waals surface area (Å²) >= 11 is 0. The summed E-state index contributed by atoms with van der Waals surface area (Å²) in [5, 5.41) is 12.6. The molecule has 5 heteroatoms. The maximum absolute atomic E-state index is 11.9. The Labute approximate surface area is 140 Å². The van der Waals surface area contributed by atoms with Crippen LogP contribution in [0.25, 0.3) is 0 Å². The largest absolute Gasteiger partial charge is 0.393 e. The number of hydrogen-bond donors (Lipinski definition) is 2. The molecular weight excluding hydrogens is 292 g/mol.